The Balaban J connectivity index is 1.75. The predicted molar refractivity (Wildman–Crippen MR) is 151 cm³/mol. The normalized spacial score (nSPS) is 11.6. The highest BCUT2D eigenvalue weighted by atomic mass is 32.2. The van der Waals surface area contributed by atoms with Gasteiger partial charge in [-0.15, -0.1) is 0 Å². The minimum Gasteiger partial charge on any atom is -0.332 e. The number of sulfone groups is 1. The van der Waals surface area contributed by atoms with E-state index in [4.69, 9.17) is 0 Å². The van der Waals surface area contributed by atoms with Gasteiger partial charge in [0.1, 0.15) is 0 Å². The van der Waals surface area contributed by atoms with Crippen molar-refractivity contribution in [2.45, 2.75) is 51.7 Å². The average molecular weight is 530 g/mol. The highest BCUT2D eigenvalue weighted by Gasteiger charge is 2.27. The first kappa shape index (κ1) is 27.3. The number of aromatic nitrogens is 2. The quantitative estimate of drug-likeness (QED) is 0.259. The minimum absolute atomic E-state index is 0.0208. The molecule has 7 heteroatoms. The van der Waals surface area contributed by atoms with Crippen LogP contribution in [0.4, 0.5) is 0 Å². The SMILES string of the molecule is Cc1ccccc1CS(=O)(=O)c1ncc(CN(CC(C)C)C(=O)c2ccccc2C)n1Cc1ccccc1. The molecule has 0 aliphatic carbocycles. The summed E-state index contributed by atoms with van der Waals surface area (Å²) in [6.07, 6.45) is 1.60. The van der Waals surface area contributed by atoms with Gasteiger partial charge in [0.2, 0.25) is 15.0 Å². The Kier molecular flexibility index (Phi) is 8.47. The summed E-state index contributed by atoms with van der Waals surface area (Å²) < 4.78 is 29.1. The minimum atomic E-state index is -3.76. The van der Waals surface area contributed by atoms with Crippen LogP contribution in [-0.4, -0.2) is 35.3 Å². The largest absolute Gasteiger partial charge is 0.332 e. The number of rotatable bonds is 10. The zero-order chi connectivity index (χ0) is 27.3. The van der Waals surface area contributed by atoms with Crippen molar-refractivity contribution >= 4 is 15.7 Å². The molecule has 3 aromatic carbocycles. The summed E-state index contributed by atoms with van der Waals surface area (Å²) in [6, 6.07) is 24.8. The van der Waals surface area contributed by atoms with Crippen LogP contribution in [0, 0.1) is 19.8 Å². The van der Waals surface area contributed by atoms with Crippen molar-refractivity contribution in [2.75, 3.05) is 6.54 Å². The summed E-state index contributed by atoms with van der Waals surface area (Å²) in [4.78, 5) is 19.9. The number of aryl methyl sites for hydroxylation is 2. The molecule has 0 radical (unpaired) electrons. The van der Waals surface area contributed by atoms with Gasteiger partial charge in [-0.3, -0.25) is 4.79 Å². The molecule has 4 aromatic rings. The Hall–Kier alpha value is -3.71. The van der Waals surface area contributed by atoms with Gasteiger partial charge in [0.25, 0.3) is 5.91 Å². The van der Waals surface area contributed by atoms with Gasteiger partial charge in [0.05, 0.1) is 30.7 Å². The molecular weight excluding hydrogens is 494 g/mol. The van der Waals surface area contributed by atoms with Gasteiger partial charge in [0.15, 0.2) is 0 Å². The van der Waals surface area contributed by atoms with Crippen LogP contribution in [0.2, 0.25) is 0 Å². The van der Waals surface area contributed by atoms with Crippen molar-refractivity contribution in [3.63, 3.8) is 0 Å². The zero-order valence-corrected chi connectivity index (χ0v) is 23.3. The van der Waals surface area contributed by atoms with Crippen LogP contribution < -0.4 is 0 Å². The maximum absolute atomic E-state index is 13.7. The van der Waals surface area contributed by atoms with E-state index in [0.717, 1.165) is 22.3 Å². The topological polar surface area (TPSA) is 72.3 Å². The number of hydrogen-bond acceptors (Lipinski definition) is 4. The molecule has 6 nitrogen and oxygen atoms in total. The lowest BCUT2D eigenvalue weighted by atomic mass is 10.1. The first-order valence-electron chi connectivity index (χ1n) is 12.9. The third kappa shape index (κ3) is 6.40. The lowest BCUT2D eigenvalue weighted by molar-refractivity contribution is 0.0717. The molecule has 0 saturated carbocycles. The fourth-order valence-corrected chi connectivity index (χ4v) is 6.17. The van der Waals surface area contributed by atoms with E-state index in [1.807, 2.05) is 92.7 Å². The molecule has 1 amide bonds. The Morgan fingerprint density at radius 3 is 2.18 bits per heavy atom. The van der Waals surface area contributed by atoms with E-state index in [2.05, 4.69) is 18.8 Å². The summed E-state index contributed by atoms with van der Waals surface area (Å²) in [5.74, 6) is 0.0225. The van der Waals surface area contributed by atoms with Crippen molar-refractivity contribution in [3.8, 4) is 0 Å². The second-order valence-electron chi connectivity index (χ2n) is 10.2. The molecule has 0 atom stereocenters. The van der Waals surface area contributed by atoms with E-state index in [9.17, 15) is 13.2 Å². The van der Waals surface area contributed by atoms with Crippen molar-refractivity contribution in [1.29, 1.82) is 0 Å². The van der Waals surface area contributed by atoms with Crippen molar-refractivity contribution in [3.05, 3.63) is 119 Å². The summed E-state index contributed by atoms with van der Waals surface area (Å²) in [5.41, 5.74) is 4.86. The summed E-state index contributed by atoms with van der Waals surface area (Å²) in [6.45, 7) is 9.10. The molecule has 0 fully saturated rings. The molecule has 0 saturated heterocycles. The maximum atomic E-state index is 13.7. The molecule has 0 N–H and O–H groups in total. The number of carbonyl (C=O) groups excluding carboxylic acids is 1. The van der Waals surface area contributed by atoms with Crippen LogP contribution in [-0.2, 0) is 28.7 Å². The van der Waals surface area contributed by atoms with Crippen LogP contribution in [0.5, 0.6) is 0 Å². The van der Waals surface area contributed by atoms with E-state index in [0.29, 0.717) is 24.3 Å². The van der Waals surface area contributed by atoms with Crippen molar-refractivity contribution in [1.82, 2.24) is 14.5 Å². The standard InChI is InChI=1S/C31H35N3O3S/c1-23(2)19-33(30(35)29-17-11-9-13-25(29)4)21-28-18-32-31(34(28)20-26-14-6-5-7-15-26)38(36,37)22-27-16-10-8-12-24(27)3/h5-18,23H,19-22H2,1-4H3. The van der Waals surface area contributed by atoms with Gasteiger partial charge in [-0.05, 0) is 48.1 Å². The van der Waals surface area contributed by atoms with Gasteiger partial charge < -0.3 is 9.47 Å². The van der Waals surface area contributed by atoms with E-state index < -0.39 is 9.84 Å². The molecule has 0 aliphatic rings. The molecule has 0 spiro atoms. The predicted octanol–water partition coefficient (Wildman–Crippen LogP) is 5.82. The first-order valence-corrected chi connectivity index (χ1v) is 14.5. The maximum Gasteiger partial charge on any atom is 0.254 e. The van der Waals surface area contributed by atoms with Crippen molar-refractivity contribution < 1.29 is 13.2 Å². The van der Waals surface area contributed by atoms with E-state index >= 15 is 0 Å². The molecule has 4 rings (SSSR count). The van der Waals surface area contributed by atoms with Gasteiger partial charge in [0, 0.05) is 12.1 Å². The molecular formula is C31H35N3O3S. The van der Waals surface area contributed by atoms with Crippen LogP contribution in [0.1, 0.15) is 52.2 Å². The Morgan fingerprint density at radius 1 is 0.895 bits per heavy atom. The third-order valence-corrected chi connectivity index (χ3v) is 8.14. The molecule has 38 heavy (non-hydrogen) atoms. The first-order chi connectivity index (χ1) is 18.2. The van der Waals surface area contributed by atoms with Gasteiger partial charge in [-0.1, -0.05) is 86.6 Å². The van der Waals surface area contributed by atoms with Crippen LogP contribution in [0.3, 0.4) is 0 Å². The van der Waals surface area contributed by atoms with Crippen LogP contribution in [0.15, 0.2) is 90.2 Å². The fourth-order valence-electron chi connectivity index (χ4n) is 4.58. The summed E-state index contributed by atoms with van der Waals surface area (Å²) >= 11 is 0. The van der Waals surface area contributed by atoms with E-state index in [1.54, 1.807) is 15.7 Å². The number of nitrogens with zero attached hydrogens (tertiary/aromatic N) is 3. The van der Waals surface area contributed by atoms with E-state index in [-0.39, 0.29) is 29.3 Å². The fraction of sp³-hybridized carbons (Fsp3) is 0.290. The number of amides is 1. The average Bonchev–Trinajstić information content (AvgIpc) is 3.28. The molecule has 1 aromatic heterocycles. The number of carbonyl (C=O) groups is 1. The molecule has 0 unspecified atom stereocenters. The molecule has 1 heterocycles. The Morgan fingerprint density at radius 2 is 1.53 bits per heavy atom. The molecule has 0 aliphatic heterocycles. The lowest BCUT2D eigenvalue weighted by Crippen LogP contribution is -2.35. The van der Waals surface area contributed by atoms with Crippen molar-refractivity contribution in [2.24, 2.45) is 5.92 Å². The monoisotopic (exact) mass is 529 g/mol. The zero-order valence-electron chi connectivity index (χ0n) is 22.5. The Labute approximate surface area is 225 Å². The van der Waals surface area contributed by atoms with E-state index in [1.165, 1.54) is 0 Å². The Bertz CT molecular complexity index is 1510. The van der Waals surface area contributed by atoms with Gasteiger partial charge >= 0.3 is 0 Å². The molecule has 0 bridgehead atoms. The second kappa shape index (κ2) is 11.8. The lowest BCUT2D eigenvalue weighted by Gasteiger charge is -2.26. The smallest absolute Gasteiger partial charge is 0.254 e. The van der Waals surface area contributed by atoms with Crippen LogP contribution >= 0.6 is 0 Å². The second-order valence-corrected chi connectivity index (χ2v) is 12.1. The molecule has 198 valence electrons. The number of hydrogen-bond donors (Lipinski definition) is 0. The highest BCUT2D eigenvalue weighted by molar-refractivity contribution is 7.90. The summed E-state index contributed by atoms with van der Waals surface area (Å²) in [5, 5.41) is 0.0208. The highest BCUT2D eigenvalue weighted by Crippen LogP contribution is 2.23. The number of imidazole rings is 1. The van der Waals surface area contributed by atoms with Gasteiger partial charge in [-0.25, -0.2) is 13.4 Å². The van der Waals surface area contributed by atoms with Gasteiger partial charge in [-0.2, -0.15) is 0 Å². The number of benzene rings is 3. The summed E-state index contributed by atoms with van der Waals surface area (Å²) in [7, 11) is -3.76. The van der Waals surface area contributed by atoms with Crippen LogP contribution in [0.25, 0.3) is 0 Å². The third-order valence-electron chi connectivity index (χ3n) is 6.57.